The lowest BCUT2D eigenvalue weighted by molar-refractivity contribution is 0.222. The van der Waals surface area contributed by atoms with Crippen LogP contribution in [0, 0.1) is 11.8 Å². The number of sulfonamides is 1. The summed E-state index contributed by atoms with van der Waals surface area (Å²) in [6.45, 7) is 7.55. The lowest BCUT2D eigenvalue weighted by Crippen LogP contribution is -2.42. The molecule has 3 atom stereocenters. The van der Waals surface area contributed by atoms with Crippen molar-refractivity contribution in [3.05, 3.63) is 29.8 Å². The maximum atomic E-state index is 12.7. The largest absolute Gasteiger partial charge is 0.313 e. The second-order valence-corrected chi connectivity index (χ2v) is 8.29. The molecule has 0 bridgehead atoms. The number of benzene rings is 1. The Kier molecular flexibility index (Phi) is 5.07. The molecule has 1 saturated heterocycles. The van der Waals surface area contributed by atoms with Gasteiger partial charge in [0.15, 0.2) is 0 Å². The van der Waals surface area contributed by atoms with E-state index in [-0.39, 0.29) is 6.04 Å². The number of nitrogens with one attached hydrogen (secondary N) is 1. The van der Waals surface area contributed by atoms with E-state index in [1.54, 1.807) is 16.4 Å². The van der Waals surface area contributed by atoms with Crippen LogP contribution in [0.3, 0.4) is 0 Å². The second kappa shape index (κ2) is 6.46. The molecule has 0 amide bonds. The topological polar surface area (TPSA) is 49.4 Å². The highest BCUT2D eigenvalue weighted by atomic mass is 32.2. The van der Waals surface area contributed by atoms with E-state index < -0.39 is 10.0 Å². The summed E-state index contributed by atoms with van der Waals surface area (Å²) in [6.07, 6.45) is 1.10. The van der Waals surface area contributed by atoms with Crippen LogP contribution in [-0.2, 0) is 10.0 Å². The molecule has 5 heteroatoms. The smallest absolute Gasteiger partial charge is 0.243 e. The third-order valence-corrected chi connectivity index (χ3v) is 6.13. The van der Waals surface area contributed by atoms with Gasteiger partial charge in [-0.15, -0.1) is 0 Å². The number of piperidine rings is 1. The maximum Gasteiger partial charge on any atom is 0.243 e. The average Bonchev–Trinajstić information content (AvgIpc) is 2.45. The first kappa shape index (κ1) is 16.5. The molecule has 1 aliphatic heterocycles. The quantitative estimate of drug-likeness (QED) is 0.930. The highest BCUT2D eigenvalue weighted by Crippen LogP contribution is 2.27. The van der Waals surface area contributed by atoms with Crippen LogP contribution in [0.1, 0.15) is 38.8 Å². The molecule has 1 fully saturated rings. The van der Waals surface area contributed by atoms with Gasteiger partial charge in [0.05, 0.1) is 4.90 Å². The standard InChI is InChI=1S/C16H26N2O2S/c1-12-9-13(2)11-18(10-12)21(19,20)16-7-5-15(6-8-16)14(3)17-4/h5-8,12-14,17H,9-11H2,1-4H3. The number of rotatable bonds is 4. The molecular weight excluding hydrogens is 284 g/mol. The summed E-state index contributed by atoms with van der Waals surface area (Å²) in [5.41, 5.74) is 1.09. The van der Waals surface area contributed by atoms with Gasteiger partial charge < -0.3 is 5.32 Å². The minimum absolute atomic E-state index is 0.219. The van der Waals surface area contributed by atoms with Crippen LogP contribution >= 0.6 is 0 Å². The van der Waals surface area contributed by atoms with E-state index in [2.05, 4.69) is 26.1 Å². The highest BCUT2D eigenvalue weighted by Gasteiger charge is 2.31. The van der Waals surface area contributed by atoms with Gasteiger partial charge in [0.2, 0.25) is 10.0 Å². The molecule has 1 aliphatic rings. The fraction of sp³-hybridized carbons (Fsp3) is 0.625. The van der Waals surface area contributed by atoms with E-state index >= 15 is 0 Å². The van der Waals surface area contributed by atoms with Crippen molar-refractivity contribution in [3.8, 4) is 0 Å². The highest BCUT2D eigenvalue weighted by molar-refractivity contribution is 7.89. The Morgan fingerprint density at radius 1 is 1.14 bits per heavy atom. The lowest BCUT2D eigenvalue weighted by Gasteiger charge is -2.34. The van der Waals surface area contributed by atoms with Crippen LogP contribution in [0.2, 0.25) is 0 Å². The molecule has 0 spiro atoms. The molecule has 4 nitrogen and oxygen atoms in total. The molecule has 3 unspecified atom stereocenters. The van der Waals surface area contributed by atoms with Crippen molar-refractivity contribution in [1.82, 2.24) is 9.62 Å². The van der Waals surface area contributed by atoms with Gasteiger partial charge in [-0.25, -0.2) is 8.42 Å². The fourth-order valence-corrected chi connectivity index (χ4v) is 4.73. The molecule has 118 valence electrons. The molecule has 2 rings (SSSR count). The number of nitrogens with zero attached hydrogens (tertiary/aromatic N) is 1. The summed E-state index contributed by atoms with van der Waals surface area (Å²) in [5.74, 6) is 0.847. The van der Waals surface area contributed by atoms with E-state index in [9.17, 15) is 8.42 Å². The van der Waals surface area contributed by atoms with Crippen molar-refractivity contribution >= 4 is 10.0 Å². The Bertz CT molecular complexity index is 558. The molecule has 1 N–H and O–H groups in total. The number of hydrogen-bond donors (Lipinski definition) is 1. The summed E-state index contributed by atoms with van der Waals surface area (Å²) in [5, 5.41) is 3.15. The van der Waals surface area contributed by atoms with Crippen molar-refractivity contribution in [2.45, 2.75) is 38.1 Å². The van der Waals surface area contributed by atoms with Crippen LogP contribution in [0.5, 0.6) is 0 Å². The van der Waals surface area contributed by atoms with Gasteiger partial charge >= 0.3 is 0 Å². The van der Waals surface area contributed by atoms with E-state index in [0.717, 1.165) is 12.0 Å². The predicted molar refractivity (Wildman–Crippen MR) is 85.6 cm³/mol. The van der Waals surface area contributed by atoms with Crippen LogP contribution in [0.4, 0.5) is 0 Å². The third kappa shape index (κ3) is 3.65. The molecule has 0 aliphatic carbocycles. The van der Waals surface area contributed by atoms with Gasteiger partial charge in [-0.3, -0.25) is 0 Å². The molecule has 1 aromatic rings. The van der Waals surface area contributed by atoms with Gasteiger partial charge in [0, 0.05) is 19.1 Å². The Labute approximate surface area is 128 Å². The average molecular weight is 310 g/mol. The SMILES string of the molecule is CNC(C)c1ccc(S(=O)(=O)N2CC(C)CC(C)C2)cc1. The van der Waals surface area contributed by atoms with Crippen molar-refractivity contribution < 1.29 is 8.42 Å². The van der Waals surface area contributed by atoms with Gasteiger partial charge in [0.1, 0.15) is 0 Å². The summed E-state index contributed by atoms with van der Waals surface area (Å²) in [6, 6.07) is 7.46. The van der Waals surface area contributed by atoms with E-state index in [1.165, 1.54) is 0 Å². The zero-order chi connectivity index (χ0) is 15.6. The Balaban J connectivity index is 2.23. The predicted octanol–water partition coefficient (Wildman–Crippen LogP) is 2.63. The third-order valence-electron chi connectivity index (χ3n) is 4.29. The molecule has 0 saturated carbocycles. The molecule has 1 heterocycles. The lowest BCUT2D eigenvalue weighted by atomic mass is 9.94. The summed E-state index contributed by atoms with van der Waals surface area (Å²) in [4.78, 5) is 0.399. The first-order valence-corrected chi connectivity index (χ1v) is 9.06. The Morgan fingerprint density at radius 3 is 2.14 bits per heavy atom. The van der Waals surface area contributed by atoms with E-state index in [4.69, 9.17) is 0 Å². The molecular formula is C16H26N2O2S. The minimum Gasteiger partial charge on any atom is -0.313 e. The van der Waals surface area contributed by atoms with Crippen LogP contribution < -0.4 is 5.32 Å². The van der Waals surface area contributed by atoms with Crippen LogP contribution in [0.15, 0.2) is 29.2 Å². The monoisotopic (exact) mass is 310 g/mol. The zero-order valence-corrected chi connectivity index (χ0v) is 14.2. The summed E-state index contributed by atoms with van der Waals surface area (Å²) in [7, 11) is -1.47. The summed E-state index contributed by atoms with van der Waals surface area (Å²) >= 11 is 0. The van der Waals surface area contributed by atoms with Gasteiger partial charge in [-0.1, -0.05) is 26.0 Å². The van der Waals surface area contributed by atoms with E-state index in [0.29, 0.717) is 29.8 Å². The Morgan fingerprint density at radius 2 is 1.67 bits per heavy atom. The Hall–Kier alpha value is -0.910. The first-order valence-electron chi connectivity index (χ1n) is 7.62. The van der Waals surface area contributed by atoms with Crippen molar-refractivity contribution in [2.75, 3.05) is 20.1 Å². The first-order chi connectivity index (χ1) is 9.84. The minimum atomic E-state index is -3.36. The number of hydrogen-bond acceptors (Lipinski definition) is 3. The molecule has 0 radical (unpaired) electrons. The van der Waals surface area contributed by atoms with Gasteiger partial charge in [0.25, 0.3) is 0 Å². The second-order valence-electron chi connectivity index (χ2n) is 6.35. The van der Waals surface area contributed by atoms with Gasteiger partial charge in [-0.2, -0.15) is 4.31 Å². The van der Waals surface area contributed by atoms with Crippen molar-refractivity contribution in [3.63, 3.8) is 0 Å². The summed E-state index contributed by atoms with van der Waals surface area (Å²) < 4.78 is 27.1. The van der Waals surface area contributed by atoms with Crippen LogP contribution in [0.25, 0.3) is 0 Å². The normalized spacial score (nSPS) is 25.7. The molecule has 0 aromatic heterocycles. The zero-order valence-electron chi connectivity index (χ0n) is 13.3. The van der Waals surface area contributed by atoms with Crippen molar-refractivity contribution in [1.29, 1.82) is 0 Å². The molecule has 21 heavy (non-hydrogen) atoms. The van der Waals surface area contributed by atoms with E-state index in [1.807, 2.05) is 19.2 Å². The fourth-order valence-electron chi connectivity index (χ4n) is 3.05. The van der Waals surface area contributed by atoms with Gasteiger partial charge in [-0.05, 0) is 49.9 Å². The molecule has 1 aromatic carbocycles. The van der Waals surface area contributed by atoms with Crippen LogP contribution in [-0.4, -0.2) is 32.9 Å². The van der Waals surface area contributed by atoms with Crippen molar-refractivity contribution in [2.24, 2.45) is 11.8 Å². The maximum absolute atomic E-state index is 12.7.